The highest BCUT2D eigenvalue weighted by Gasteiger charge is 2.12. The molecule has 6 rings (SSSR count). The number of H-pyrrole nitrogens is 1. The van der Waals surface area contributed by atoms with E-state index in [1.54, 1.807) is 0 Å². The molecule has 0 unspecified atom stereocenters. The number of benzene rings is 3. The van der Waals surface area contributed by atoms with Crippen molar-refractivity contribution in [3.8, 4) is 16.9 Å². The number of nitrogens with zero attached hydrogens (tertiary/aromatic N) is 2. The molecular weight excluding hydrogens is 422 g/mol. The fraction of sp³-hybridized carbons (Fsp3) is 0. The Labute approximate surface area is 175 Å². The van der Waals surface area contributed by atoms with E-state index in [1.807, 2.05) is 24.4 Å². The average molecular weight is 438 g/mol. The number of pyridine rings is 1. The molecule has 0 bridgehead atoms. The van der Waals surface area contributed by atoms with Gasteiger partial charge in [-0.2, -0.15) is 0 Å². The van der Waals surface area contributed by atoms with Crippen molar-refractivity contribution in [2.75, 3.05) is 0 Å². The number of aromatic nitrogens is 3. The smallest absolute Gasteiger partial charge is 0.0702 e. The Morgan fingerprint density at radius 1 is 0.793 bits per heavy atom. The van der Waals surface area contributed by atoms with Crippen LogP contribution in [-0.4, -0.2) is 14.5 Å². The standard InChI is InChI=1S/C25H16BrN3/c26-17-7-9-23-21(15-17)19-8-10-24-20(25(19)28-23)11-13-29(24)18-5-3-4-16(14-18)22-6-1-2-12-27-22/h1-15,28H. The largest absolute Gasteiger partial charge is 0.354 e. The molecule has 3 nitrogen and oxygen atoms in total. The maximum Gasteiger partial charge on any atom is 0.0702 e. The zero-order valence-electron chi connectivity index (χ0n) is 15.4. The van der Waals surface area contributed by atoms with Crippen molar-refractivity contribution in [1.82, 2.24) is 14.5 Å². The molecular formula is C25H16BrN3. The summed E-state index contributed by atoms with van der Waals surface area (Å²) in [5.74, 6) is 0. The molecule has 4 heteroatoms. The van der Waals surface area contributed by atoms with Gasteiger partial charge < -0.3 is 9.55 Å². The van der Waals surface area contributed by atoms with Crippen molar-refractivity contribution < 1.29 is 0 Å². The van der Waals surface area contributed by atoms with Gasteiger partial charge in [0.05, 0.1) is 16.7 Å². The van der Waals surface area contributed by atoms with E-state index in [2.05, 4.69) is 97.3 Å². The molecule has 6 aromatic rings. The summed E-state index contributed by atoms with van der Waals surface area (Å²) in [6.45, 7) is 0. The SMILES string of the molecule is Brc1ccc2[nH]c3c(ccc4c3ccn4-c3cccc(-c4ccccn4)c3)c2c1. The van der Waals surface area contributed by atoms with Crippen LogP contribution in [0.5, 0.6) is 0 Å². The van der Waals surface area contributed by atoms with Crippen molar-refractivity contribution in [2.24, 2.45) is 0 Å². The predicted molar refractivity (Wildman–Crippen MR) is 124 cm³/mol. The van der Waals surface area contributed by atoms with Crippen LogP contribution in [0.4, 0.5) is 0 Å². The van der Waals surface area contributed by atoms with Gasteiger partial charge in [0, 0.05) is 49.8 Å². The Morgan fingerprint density at radius 2 is 1.76 bits per heavy atom. The van der Waals surface area contributed by atoms with Gasteiger partial charge in [-0.15, -0.1) is 0 Å². The van der Waals surface area contributed by atoms with E-state index < -0.39 is 0 Å². The van der Waals surface area contributed by atoms with Crippen LogP contribution in [0, 0.1) is 0 Å². The summed E-state index contributed by atoms with van der Waals surface area (Å²) >= 11 is 3.59. The summed E-state index contributed by atoms with van der Waals surface area (Å²) < 4.78 is 3.33. The van der Waals surface area contributed by atoms with Crippen molar-refractivity contribution in [2.45, 2.75) is 0 Å². The number of hydrogen-bond acceptors (Lipinski definition) is 1. The first kappa shape index (κ1) is 16.6. The van der Waals surface area contributed by atoms with Crippen LogP contribution < -0.4 is 0 Å². The third kappa shape index (κ3) is 2.60. The monoisotopic (exact) mass is 437 g/mol. The second-order valence-electron chi connectivity index (χ2n) is 7.19. The summed E-state index contributed by atoms with van der Waals surface area (Å²) in [6.07, 6.45) is 3.97. The van der Waals surface area contributed by atoms with Crippen LogP contribution in [0.2, 0.25) is 0 Å². The van der Waals surface area contributed by atoms with Gasteiger partial charge >= 0.3 is 0 Å². The minimum absolute atomic E-state index is 0.981. The number of hydrogen-bond donors (Lipinski definition) is 1. The van der Waals surface area contributed by atoms with Gasteiger partial charge in [-0.25, -0.2) is 0 Å². The van der Waals surface area contributed by atoms with Crippen LogP contribution in [-0.2, 0) is 0 Å². The van der Waals surface area contributed by atoms with E-state index in [4.69, 9.17) is 0 Å². The van der Waals surface area contributed by atoms with E-state index in [0.29, 0.717) is 0 Å². The van der Waals surface area contributed by atoms with Gasteiger partial charge in [0.25, 0.3) is 0 Å². The molecule has 3 heterocycles. The summed E-state index contributed by atoms with van der Waals surface area (Å²) in [5.41, 5.74) is 6.73. The lowest BCUT2D eigenvalue weighted by atomic mass is 10.1. The molecule has 0 radical (unpaired) electrons. The molecule has 0 saturated carbocycles. The van der Waals surface area contributed by atoms with Crippen LogP contribution in [0.3, 0.4) is 0 Å². The minimum atomic E-state index is 0.981. The fourth-order valence-corrected chi connectivity index (χ4v) is 4.49. The third-order valence-electron chi connectivity index (χ3n) is 5.49. The molecule has 0 aliphatic heterocycles. The van der Waals surface area contributed by atoms with E-state index in [0.717, 1.165) is 26.9 Å². The van der Waals surface area contributed by atoms with Crippen molar-refractivity contribution >= 4 is 48.6 Å². The fourth-order valence-electron chi connectivity index (χ4n) is 4.13. The maximum absolute atomic E-state index is 4.49. The Hall–Kier alpha value is -3.37. The lowest BCUT2D eigenvalue weighted by Gasteiger charge is -2.08. The summed E-state index contributed by atoms with van der Waals surface area (Å²) in [5, 5.41) is 3.70. The normalized spacial score (nSPS) is 11.6. The Balaban J connectivity index is 1.56. The molecule has 0 spiro atoms. The maximum atomic E-state index is 4.49. The van der Waals surface area contributed by atoms with E-state index in [1.165, 1.54) is 27.2 Å². The van der Waals surface area contributed by atoms with E-state index in [9.17, 15) is 0 Å². The van der Waals surface area contributed by atoms with Crippen LogP contribution >= 0.6 is 15.9 Å². The number of nitrogens with one attached hydrogen (secondary N) is 1. The molecule has 3 aromatic carbocycles. The first-order valence-electron chi connectivity index (χ1n) is 9.51. The van der Waals surface area contributed by atoms with Crippen molar-refractivity contribution in [1.29, 1.82) is 0 Å². The summed E-state index contributed by atoms with van der Waals surface area (Å²) in [6, 6.07) is 27.5. The molecule has 0 fully saturated rings. The summed E-state index contributed by atoms with van der Waals surface area (Å²) in [7, 11) is 0. The number of fused-ring (bicyclic) bond motifs is 5. The predicted octanol–water partition coefficient (Wildman–Crippen LogP) is 7.09. The molecule has 138 valence electrons. The zero-order valence-corrected chi connectivity index (χ0v) is 17.0. The highest BCUT2D eigenvalue weighted by molar-refractivity contribution is 9.10. The second-order valence-corrected chi connectivity index (χ2v) is 8.10. The Kier molecular flexibility index (Phi) is 3.61. The molecule has 0 aliphatic rings. The molecule has 3 aromatic heterocycles. The van der Waals surface area contributed by atoms with E-state index >= 15 is 0 Å². The lowest BCUT2D eigenvalue weighted by Crippen LogP contribution is -1.92. The molecule has 29 heavy (non-hydrogen) atoms. The average Bonchev–Trinajstić information content (AvgIpc) is 3.36. The third-order valence-corrected chi connectivity index (χ3v) is 5.98. The van der Waals surface area contributed by atoms with Gasteiger partial charge in [-0.1, -0.05) is 40.2 Å². The highest BCUT2D eigenvalue weighted by atomic mass is 79.9. The quantitative estimate of drug-likeness (QED) is 0.308. The van der Waals surface area contributed by atoms with Gasteiger partial charge in [0.2, 0.25) is 0 Å². The Morgan fingerprint density at radius 3 is 2.66 bits per heavy atom. The highest BCUT2D eigenvalue weighted by Crippen LogP contribution is 2.34. The zero-order chi connectivity index (χ0) is 19.4. The van der Waals surface area contributed by atoms with E-state index in [-0.39, 0.29) is 0 Å². The molecule has 0 atom stereocenters. The number of aromatic amines is 1. The first-order valence-corrected chi connectivity index (χ1v) is 10.3. The number of halogens is 1. The minimum Gasteiger partial charge on any atom is -0.354 e. The first-order chi connectivity index (χ1) is 14.3. The van der Waals surface area contributed by atoms with Crippen molar-refractivity contribution in [3.05, 3.63) is 95.7 Å². The van der Waals surface area contributed by atoms with Crippen LogP contribution in [0.25, 0.3) is 49.7 Å². The Bertz CT molecular complexity index is 1510. The van der Waals surface area contributed by atoms with Gasteiger partial charge in [-0.05, 0) is 54.6 Å². The topological polar surface area (TPSA) is 33.6 Å². The van der Waals surface area contributed by atoms with Crippen molar-refractivity contribution in [3.63, 3.8) is 0 Å². The molecule has 0 aliphatic carbocycles. The van der Waals surface area contributed by atoms with Gasteiger partial charge in [0.1, 0.15) is 0 Å². The number of rotatable bonds is 2. The van der Waals surface area contributed by atoms with Gasteiger partial charge in [0.15, 0.2) is 0 Å². The van der Waals surface area contributed by atoms with Crippen LogP contribution in [0.1, 0.15) is 0 Å². The van der Waals surface area contributed by atoms with Gasteiger partial charge in [-0.3, -0.25) is 4.98 Å². The molecule has 1 N–H and O–H groups in total. The molecule has 0 saturated heterocycles. The molecule has 0 amide bonds. The summed E-state index contributed by atoms with van der Waals surface area (Å²) in [4.78, 5) is 8.09. The van der Waals surface area contributed by atoms with Crippen LogP contribution in [0.15, 0.2) is 95.7 Å². The lowest BCUT2D eigenvalue weighted by molar-refractivity contribution is 1.13. The second kappa shape index (κ2) is 6.33.